The van der Waals surface area contributed by atoms with Crippen molar-refractivity contribution in [2.24, 2.45) is 0 Å². The molecule has 0 aliphatic heterocycles. The number of rotatable bonds is 7. The van der Waals surface area contributed by atoms with Crippen LogP contribution in [0.3, 0.4) is 0 Å². The summed E-state index contributed by atoms with van der Waals surface area (Å²) in [5.74, 6) is 0. The predicted octanol–water partition coefficient (Wildman–Crippen LogP) is 1.86. The number of nitrogens with one attached hydrogen (secondary N) is 1. The van der Waals surface area contributed by atoms with Crippen LogP contribution in [0, 0.1) is 0 Å². The van der Waals surface area contributed by atoms with Crippen molar-refractivity contribution in [3.8, 4) is 0 Å². The molecule has 0 saturated heterocycles. The molecule has 78 valence electrons. The molecule has 0 amide bonds. The second-order valence-corrected chi connectivity index (χ2v) is 4.51. The Morgan fingerprint density at radius 2 is 2.00 bits per heavy atom. The van der Waals surface area contributed by atoms with Gasteiger partial charge in [0.15, 0.2) is 0 Å². The van der Waals surface area contributed by atoms with Crippen molar-refractivity contribution >= 4 is 0 Å². The molecular formula is C11H24N2. The van der Waals surface area contributed by atoms with E-state index in [0.717, 1.165) is 6.04 Å². The summed E-state index contributed by atoms with van der Waals surface area (Å²) in [5.41, 5.74) is 0. The normalized spacial score (nSPS) is 17.3. The molecule has 0 radical (unpaired) electrons. The van der Waals surface area contributed by atoms with Crippen molar-refractivity contribution in [1.82, 2.24) is 10.2 Å². The van der Waals surface area contributed by atoms with Gasteiger partial charge in [-0.3, -0.25) is 0 Å². The quantitative estimate of drug-likeness (QED) is 0.608. The van der Waals surface area contributed by atoms with Gasteiger partial charge in [0.2, 0.25) is 0 Å². The smallest absolute Gasteiger partial charge is 0.00682 e. The van der Waals surface area contributed by atoms with E-state index in [4.69, 9.17) is 0 Å². The average Bonchev–Trinajstić information content (AvgIpc) is 2.87. The van der Waals surface area contributed by atoms with E-state index in [1.807, 2.05) is 0 Å². The van der Waals surface area contributed by atoms with Crippen LogP contribution in [0.15, 0.2) is 0 Å². The monoisotopic (exact) mass is 184 g/mol. The Labute approximate surface area is 82.7 Å². The van der Waals surface area contributed by atoms with Crippen LogP contribution in [0.4, 0.5) is 0 Å². The lowest BCUT2D eigenvalue weighted by Crippen LogP contribution is -2.28. The van der Waals surface area contributed by atoms with Crippen LogP contribution < -0.4 is 5.32 Å². The second-order valence-electron chi connectivity index (χ2n) is 4.51. The fourth-order valence-corrected chi connectivity index (χ4v) is 1.34. The number of unbranched alkanes of at least 4 members (excludes halogenated alkanes) is 1. The van der Waals surface area contributed by atoms with Gasteiger partial charge in [0, 0.05) is 12.1 Å². The summed E-state index contributed by atoms with van der Waals surface area (Å²) in [5, 5.41) is 3.54. The summed E-state index contributed by atoms with van der Waals surface area (Å²) in [6.07, 6.45) is 5.47. The molecule has 13 heavy (non-hydrogen) atoms. The van der Waals surface area contributed by atoms with Crippen LogP contribution in [0.25, 0.3) is 0 Å². The molecule has 1 aliphatic carbocycles. The van der Waals surface area contributed by atoms with Gasteiger partial charge in [-0.2, -0.15) is 0 Å². The lowest BCUT2D eigenvalue weighted by molar-refractivity contribution is 0.268. The summed E-state index contributed by atoms with van der Waals surface area (Å²) < 4.78 is 0. The maximum Gasteiger partial charge on any atom is 0.00682 e. The van der Waals surface area contributed by atoms with Crippen molar-refractivity contribution in [3.05, 3.63) is 0 Å². The Morgan fingerprint density at radius 3 is 2.54 bits per heavy atom. The van der Waals surface area contributed by atoms with E-state index in [9.17, 15) is 0 Å². The highest BCUT2D eigenvalue weighted by Crippen LogP contribution is 2.18. The fraction of sp³-hybridized carbons (Fsp3) is 1.00. The second kappa shape index (κ2) is 5.61. The Morgan fingerprint density at radius 1 is 1.31 bits per heavy atom. The molecule has 1 saturated carbocycles. The topological polar surface area (TPSA) is 15.3 Å². The summed E-state index contributed by atoms with van der Waals surface area (Å²) in [4.78, 5) is 2.41. The van der Waals surface area contributed by atoms with Crippen molar-refractivity contribution in [2.75, 3.05) is 20.1 Å². The zero-order valence-electron chi connectivity index (χ0n) is 9.34. The fourth-order valence-electron chi connectivity index (χ4n) is 1.34. The van der Waals surface area contributed by atoms with Gasteiger partial charge in [0.05, 0.1) is 0 Å². The molecule has 2 nitrogen and oxygen atoms in total. The van der Waals surface area contributed by atoms with Gasteiger partial charge in [0.1, 0.15) is 0 Å². The van der Waals surface area contributed by atoms with E-state index in [1.165, 1.54) is 38.8 Å². The van der Waals surface area contributed by atoms with E-state index in [2.05, 4.69) is 31.1 Å². The van der Waals surface area contributed by atoms with Gasteiger partial charge >= 0.3 is 0 Å². The molecule has 0 heterocycles. The minimum Gasteiger partial charge on any atom is -0.314 e. The maximum absolute atomic E-state index is 3.54. The molecule has 1 aliphatic rings. The molecule has 0 unspecified atom stereocenters. The van der Waals surface area contributed by atoms with E-state index in [1.54, 1.807) is 0 Å². The van der Waals surface area contributed by atoms with Crippen molar-refractivity contribution in [3.63, 3.8) is 0 Å². The van der Waals surface area contributed by atoms with Gasteiger partial charge in [-0.25, -0.2) is 0 Å². The van der Waals surface area contributed by atoms with Gasteiger partial charge < -0.3 is 10.2 Å². The summed E-state index contributed by atoms with van der Waals surface area (Å²) in [6.45, 7) is 6.96. The zero-order chi connectivity index (χ0) is 9.68. The highest BCUT2D eigenvalue weighted by Gasteiger charge is 2.19. The molecule has 0 bridgehead atoms. The molecule has 0 atom stereocenters. The number of hydrogen-bond acceptors (Lipinski definition) is 2. The van der Waals surface area contributed by atoms with Gasteiger partial charge in [0.25, 0.3) is 0 Å². The lowest BCUT2D eigenvalue weighted by atomic mass is 10.2. The van der Waals surface area contributed by atoms with Gasteiger partial charge in [-0.05, 0) is 59.7 Å². The third kappa shape index (κ3) is 5.27. The average molecular weight is 184 g/mol. The first kappa shape index (κ1) is 11.0. The van der Waals surface area contributed by atoms with E-state index >= 15 is 0 Å². The number of hydrogen-bond donors (Lipinski definition) is 1. The Bertz CT molecular complexity index is 130. The minimum atomic E-state index is 0.691. The third-order valence-corrected chi connectivity index (χ3v) is 2.83. The standard InChI is InChI=1S/C11H24N2/c1-10(2)13(3)9-5-4-8-12-11-6-7-11/h10-12H,4-9H2,1-3H3. The van der Waals surface area contributed by atoms with Crippen molar-refractivity contribution in [1.29, 1.82) is 0 Å². The zero-order valence-corrected chi connectivity index (χ0v) is 9.34. The first-order chi connectivity index (χ1) is 6.20. The Balaban J connectivity index is 1.82. The summed E-state index contributed by atoms with van der Waals surface area (Å²) >= 11 is 0. The van der Waals surface area contributed by atoms with E-state index in [0.29, 0.717) is 6.04 Å². The minimum absolute atomic E-state index is 0.691. The largest absolute Gasteiger partial charge is 0.314 e. The molecule has 2 heteroatoms. The van der Waals surface area contributed by atoms with Gasteiger partial charge in [-0.1, -0.05) is 0 Å². The van der Waals surface area contributed by atoms with Crippen LogP contribution in [-0.2, 0) is 0 Å². The predicted molar refractivity (Wildman–Crippen MR) is 58.0 cm³/mol. The van der Waals surface area contributed by atoms with Crippen LogP contribution in [0.5, 0.6) is 0 Å². The summed E-state index contributed by atoms with van der Waals surface area (Å²) in [6, 6.07) is 1.57. The first-order valence-corrected chi connectivity index (χ1v) is 5.64. The van der Waals surface area contributed by atoms with Gasteiger partial charge in [-0.15, -0.1) is 0 Å². The summed E-state index contributed by atoms with van der Waals surface area (Å²) in [7, 11) is 2.21. The van der Waals surface area contributed by atoms with Crippen LogP contribution in [-0.4, -0.2) is 37.1 Å². The van der Waals surface area contributed by atoms with E-state index < -0.39 is 0 Å². The molecule has 1 fully saturated rings. The Kier molecular flexibility index (Phi) is 4.74. The molecule has 0 aromatic heterocycles. The molecule has 1 N–H and O–H groups in total. The van der Waals surface area contributed by atoms with Crippen LogP contribution >= 0.6 is 0 Å². The molecular weight excluding hydrogens is 160 g/mol. The van der Waals surface area contributed by atoms with Crippen molar-refractivity contribution < 1.29 is 0 Å². The van der Waals surface area contributed by atoms with Crippen LogP contribution in [0.1, 0.15) is 39.5 Å². The third-order valence-electron chi connectivity index (χ3n) is 2.83. The number of nitrogens with zero attached hydrogens (tertiary/aromatic N) is 1. The first-order valence-electron chi connectivity index (χ1n) is 5.64. The molecule has 0 aromatic rings. The molecule has 1 rings (SSSR count). The SMILES string of the molecule is CC(C)N(C)CCCCNC1CC1. The maximum atomic E-state index is 3.54. The van der Waals surface area contributed by atoms with Crippen LogP contribution in [0.2, 0.25) is 0 Å². The highest BCUT2D eigenvalue weighted by molar-refractivity contribution is 4.80. The Hall–Kier alpha value is -0.0800. The van der Waals surface area contributed by atoms with Crippen molar-refractivity contribution in [2.45, 2.75) is 51.6 Å². The molecule has 0 spiro atoms. The van der Waals surface area contributed by atoms with E-state index in [-0.39, 0.29) is 0 Å². The highest BCUT2D eigenvalue weighted by atomic mass is 15.1. The lowest BCUT2D eigenvalue weighted by Gasteiger charge is -2.20. The molecule has 0 aromatic carbocycles.